The maximum absolute atomic E-state index is 11.2. The first kappa shape index (κ1) is 11.1. The molecular formula is C8H13N3O2S. The highest BCUT2D eigenvalue weighted by molar-refractivity contribution is 7.89. The molecule has 0 radical (unpaired) electrons. The number of rotatable bonds is 5. The Kier molecular flexibility index (Phi) is 3.97. The van der Waals surface area contributed by atoms with E-state index in [0.29, 0.717) is 12.1 Å². The number of nitrogens with zero attached hydrogens (tertiary/aromatic N) is 2. The Bertz CT molecular complexity index is 363. The van der Waals surface area contributed by atoms with Crippen LogP contribution in [0.2, 0.25) is 0 Å². The van der Waals surface area contributed by atoms with Gasteiger partial charge in [-0.15, -0.1) is 0 Å². The fraction of sp³-hybridized carbons (Fsp3) is 0.500. The Balaban J connectivity index is 2.49. The molecule has 0 spiro atoms. The van der Waals surface area contributed by atoms with Gasteiger partial charge in [-0.1, -0.05) is 6.92 Å². The van der Waals surface area contributed by atoms with Crippen LogP contribution in [0, 0.1) is 0 Å². The third kappa shape index (κ3) is 3.80. The van der Waals surface area contributed by atoms with E-state index in [1.165, 1.54) is 6.33 Å². The predicted molar refractivity (Wildman–Crippen MR) is 52.9 cm³/mol. The SMILES string of the molecule is CCCS(=O)(=O)NCc1ccncn1. The molecule has 1 heterocycles. The first-order chi connectivity index (χ1) is 6.64. The van der Waals surface area contributed by atoms with Crippen molar-refractivity contribution in [2.45, 2.75) is 19.9 Å². The van der Waals surface area contributed by atoms with Crippen molar-refractivity contribution < 1.29 is 8.42 Å². The minimum absolute atomic E-state index is 0.151. The van der Waals surface area contributed by atoms with Crippen LogP contribution in [0.5, 0.6) is 0 Å². The molecule has 0 saturated heterocycles. The van der Waals surface area contributed by atoms with Crippen LogP contribution >= 0.6 is 0 Å². The quantitative estimate of drug-likeness (QED) is 0.767. The summed E-state index contributed by atoms with van der Waals surface area (Å²) in [6.07, 6.45) is 3.58. The van der Waals surface area contributed by atoms with Gasteiger partial charge < -0.3 is 0 Å². The van der Waals surface area contributed by atoms with Gasteiger partial charge in [-0.25, -0.2) is 23.1 Å². The summed E-state index contributed by atoms with van der Waals surface area (Å²) >= 11 is 0. The van der Waals surface area contributed by atoms with Gasteiger partial charge in [0.05, 0.1) is 18.0 Å². The largest absolute Gasteiger partial charge is 0.245 e. The second-order valence-electron chi connectivity index (χ2n) is 2.84. The molecule has 0 amide bonds. The van der Waals surface area contributed by atoms with Crippen molar-refractivity contribution in [3.8, 4) is 0 Å². The Hall–Kier alpha value is -1.01. The van der Waals surface area contributed by atoms with E-state index in [0.717, 1.165) is 0 Å². The van der Waals surface area contributed by atoms with Crippen LogP contribution in [0.25, 0.3) is 0 Å². The number of sulfonamides is 1. The molecule has 0 aliphatic heterocycles. The molecule has 1 aromatic heterocycles. The van der Waals surface area contributed by atoms with E-state index in [-0.39, 0.29) is 12.3 Å². The van der Waals surface area contributed by atoms with E-state index in [1.807, 2.05) is 6.92 Å². The van der Waals surface area contributed by atoms with Gasteiger partial charge in [0, 0.05) is 6.20 Å². The minimum atomic E-state index is -3.14. The van der Waals surface area contributed by atoms with Crippen LogP contribution in [0.15, 0.2) is 18.6 Å². The van der Waals surface area contributed by atoms with Gasteiger partial charge in [-0.05, 0) is 12.5 Å². The fourth-order valence-electron chi connectivity index (χ4n) is 0.947. The van der Waals surface area contributed by atoms with Crippen molar-refractivity contribution in [1.82, 2.24) is 14.7 Å². The van der Waals surface area contributed by atoms with E-state index in [9.17, 15) is 8.42 Å². The van der Waals surface area contributed by atoms with Gasteiger partial charge in [-0.3, -0.25) is 0 Å². The third-order valence-electron chi connectivity index (χ3n) is 1.59. The molecule has 0 bridgehead atoms. The topological polar surface area (TPSA) is 72.0 Å². The van der Waals surface area contributed by atoms with E-state index in [1.54, 1.807) is 12.3 Å². The number of aromatic nitrogens is 2. The predicted octanol–water partition coefficient (Wildman–Crippen LogP) is 0.306. The van der Waals surface area contributed by atoms with Gasteiger partial charge in [0.15, 0.2) is 0 Å². The smallest absolute Gasteiger partial charge is 0.211 e. The van der Waals surface area contributed by atoms with E-state index >= 15 is 0 Å². The van der Waals surface area contributed by atoms with Crippen molar-refractivity contribution in [3.05, 3.63) is 24.3 Å². The molecule has 1 aromatic rings. The van der Waals surface area contributed by atoms with Gasteiger partial charge in [0.25, 0.3) is 0 Å². The Morgan fingerprint density at radius 2 is 2.29 bits per heavy atom. The fourth-order valence-corrected chi connectivity index (χ4v) is 2.00. The highest BCUT2D eigenvalue weighted by Gasteiger charge is 2.07. The average molecular weight is 215 g/mol. The average Bonchev–Trinajstić information content (AvgIpc) is 2.17. The number of hydrogen-bond donors (Lipinski definition) is 1. The Labute approximate surface area is 83.6 Å². The molecule has 5 nitrogen and oxygen atoms in total. The van der Waals surface area contributed by atoms with Crippen LogP contribution in [0.1, 0.15) is 19.0 Å². The Morgan fingerprint density at radius 3 is 2.86 bits per heavy atom. The molecular weight excluding hydrogens is 202 g/mol. The molecule has 0 saturated carbocycles. The van der Waals surface area contributed by atoms with Gasteiger partial charge >= 0.3 is 0 Å². The molecule has 1 N–H and O–H groups in total. The second-order valence-corrected chi connectivity index (χ2v) is 4.77. The minimum Gasteiger partial charge on any atom is -0.245 e. The second kappa shape index (κ2) is 5.02. The highest BCUT2D eigenvalue weighted by atomic mass is 32.2. The van der Waals surface area contributed by atoms with Crippen LogP contribution in [-0.4, -0.2) is 24.1 Å². The zero-order valence-corrected chi connectivity index (χ0v) is 8.79. The molecule has 6 heteroatoms. The summed E-state index contributed by atoms with van der Waals surface area (Å²) in [5.41, 5.74) is 0.666. The molecule has 0 aliphatic rings. The normalized spacial score (nSPS) is 11.5. The summed E-state index contributed by atoms with van der Waals surface area (Å²) in [7, 11) is -3.14. The van der Waals surface area contributed by atoms with Gasteiger partial charge in [-0.2, -0.15) is 0 Å². The molecule has 1 rings (SSSR count). The van der Waals surface area contributed by atoms with E-state index in [4.69, 9.17) is 0 Å². The maximum atomic E-state index is 11.2. The molecule has 0 aliphatic carbocycles. The summed E-state index contributed by atoms with van der Waals surface area (Å²) in [6.45, 7) is 2.05. The van der Waals surface area contributed by atoms with Crippen LogP contribution in [-0.2, 0) is 16.6 Å². The third-order valence-corrected chi connectivity index (χ3v) is 3.12. The maximum Gasteiger partial charge on any atom is 0.211 e. The summed E-state index contributed by atoms with van der Waals surface area (Å²) in [4.78, 5) is 7.64. The van der Waals surface area contributed by atoms with Crippen LogP contribution in [0.3, 0.4) is 0 Å². The summed E-state index contributed by atoms with van der Waals surface area (Å²) in [5, 5.41) is 0. The van der Waals surface area contributed by atoms with Crippen LogP contribution < -0.4 is 4.72 Å². The first-order valence-electron chi connectivity index (χ1n) is 4.36. The van der Waals surface area contributed by atoms with Crippen LogP contribution in [0.4, 0.5) is 0 Å². The first-order valence-corrected chi connectivity index (χ1v) is 6.01. The zero-order chi connectivity index (χ0) is 10.4. The monoisotopic (exact) mass is 215 g/mol. The van der Waals surface area contributed by atoms with Crippen molar-refractivity contribution in [3.63, 3.8) is 0 Å². The van der Waals surface area contributed by atoms with Crippen molar-refractivity contribution in [2.24, 2.45) is 0 Å². The Morgan fingerprint density at radius 1 is 1.50 bits per heavy atom. The lowest BCUT2D eigenvalue weighted by atomic mass is 10.4. The molecule has 14 heavy (non-hydrogen) atoms. The molecule has 78 valence electrons. The number of hydrogen-bond acceptors (Lipinski definition) is 4. The lowest BCUT2D eigenvalue weighted by Crippen LogP contribution is -2.26. The lowest BCUT2D eigenvalue weighted by Gasteiger charge is -2.03. The molecule has 0 atom stereocenters. The standard InChI is InChI=1S/C8H13N3O2S/c1-2-5-14(12,13)11-6-8-3-4-9-7-10-8/h3-4,7,11H,2,5-6H2,1H3. The molecule has 0 aromatic carbocycles. The molecule has 0 fully saturated rings. The van der Waals surface area contributed by atoms with Crippen molar-refractivity contribution >= 4 is 10.0 Å². The lowest BCUT2D eigenvalue weighted by molar-refractivity contribution is 0.579. The van der Waals surface area contributed by atoms with Crippen molar-refractivity contribution in [2.75, 3.05) is 5.75 Å². The van der Waals surface area contributed by atoms with Gasteiger partial charge in [0.2, 0.25) is 10.0 Å². The van der Waals surface area contributed by atoms with Gasteiger partial charge in [0.1, 0.15) is 6.33 Å². The van der Waals surface area contributed by atoms with E-state index in [2.05, 4.69) is 14.7 Å². The zero-order valence-electron chi connectivity index (χ0n) is 7.97. The van der Waals surface area contributed by atoms with E-state index < -0.39 is 10.0 Å². The summed E-state index contributed by atoms with van der Waals surface area (Å²) < 4.78 is 25.0. The summed E-state index contributed by atoms with van der Waals surface area (Å²) in [5.74, 6) is 0.151. The molecule has 0 unspecified atom stereocenters. The summed E-state index contributed by atoms with van der Waals surface area (Å²) in [6, 6.07) is 1.68. The van der Waals surface area contributed by atoms with Crippen molar-refractivity contribution in [1.29, 1.82) is 0 Å². The number of nitrogens with one attached hydrogen (secondary N) is 1. The highest BCUT2D eigenvalue weighted by Crippen LogP contribution is 1.94.